The molecule has 31 heavy (non-hydrogen) atoms. The number of carbonyl (C=O) groups excluding carboxylic acids is 2. The molecule has 1 atom stereocenters. The first-order valence-corrected chi connectivity index (χ1v) is 10.3. The van der Waals surface area contributed by atoms with Crippen molar-refractivity contribution >= 4 is 11.8 Å². The second kappa shape index (κ2) is 10.6. The second-order valence-corrected chi connectivity index (χ2v) is 6.98. The largest absolute Gasteiger partial charge is 0.490 e. The zero-order chi connectivity index (χ0) is 22.2. The quantitative estimate of drug-likeness (QED) is 0.661. The van der Waals surface area contributed by atoms with E-state index in [2.05, 4.69) is 5.32 Å². The molecule has 8 nitrogen and oxygen atoms in total. The maximum absolute atomic E-state index is 12.5. The number of amides is 2. The molecule has 8 heteroatoms. The van der Waals surface area contributed by atoms with Gasteiger partial charge >= 0.3 is 0 Å². The third-order valence-electron chi connectivity index (χ3n) is 4.68. The minimum Gasteiger partial charge on any atom is -0.490 e. The molecule has 1 unspecified atom stereocenters. The van der Waals surface area contributed by atoms with Gasteiger partial charge in [-0.3, -0.25) is 9.59 Å². The molecule has 0 fully saturated rings. The van der Waals surface area contributed by atoms with Crippen molar-refractivity contribution in [1.29, 1.82) is 0 Å². The molecule has 1 N–H and O–H groups in total. The molecule has 0 aromatic heterocycles. The second-order valence-electron chi connectivity index (χ2n) is 6.98. The molecule has 1 aliphatic heterocycles. The summed E-state index contributed by atoms with van der Waals surface area (Å²) in [6.07, 6.45) is -0.278. The van der Waals surface area contributed by atoms with E-state index in [1.807, 2.05) is 38.1 Å². The Hall–Kier alpha value is -3.42. The number of nitrogens with one attached hydrogen (secondary N) is 1. The molecule has 0 saturated carbocycles. The molecule has 0 radical (unpaired) electrons. The van der Waals surface area contributed by atoms with Crippen LogP contribution in [0.25, 0.3) is 0 Å². The molecule has 1 aliphatic rings. The molecular formula is C23H28N2O6. The number of para-hydroxylation sites is 2. The first-order chi connectivity index (χ1) is 15.0. The average Bonchev–Trinajstić information content (AvgIpc) is 2.78. The van der Waals surface area contributed by atoms with Crippen LogP contribution in [0.2, 0.25) is 0 Å². The highest BCUT2D eigenvalue weighted by atomic mass is 16.6. The molecule has 3 rings (SSSR count). The molecule has 2 amide bonds. The fraction of sp³-hybridized carbons (Fsp3) is 0.391. The molecule has 2 aromatic carbocycles. The molecule has 0 aliphatic carbocycles. The number of likely N-dealkylation sites (N-methyl/N-ethyl adjacent to an activating group) is 1. The predicted molar refractivity (Wildman–Crippen MR) is 115 cm³/mol. The van der Waals surface area contributed by atoms with E-state index < -0.39 is 0 Å². The summed E-state index contributed by atoms with van der Waals surface area (Å²) in [4.78, 5) is 26.5. The number of rotatable bonds is 9. The van der Waals surface area contributed by atoms with Crippen LogP contribution in [0.1, 0.15) is 24.2 Å². The van der Waals surface area contributed by atoms with Gasteiger partial charge in [0, 0.05) is 12.6 Å². The molecule has 2 aromatic rings. The molecule has 1 heterocycles. The standard InChI is InChI=1S/C23H28N2O6/c1-4-28-19-11-10-16(12-21(19)29-5-2)23(27)24-13-22(26)25(3)14-17-15-30-18-8-6-7-9-20(18)31-17/h6-12,17H,4-5,13-15H2,1-3H3,(H,24,27). The van der Waals surface area contributed by atoms with Gasteiger partial charge in [0.15, 0.2) is 29.1 Å². The maximum atomic E-state index is 12.5. The predicted octanol–water partition coefficient (Wildman–Crippen LogP) is 2.51. The van der Waals surface area contributed by atoms with Crippen LogP contribution in [0.3, 0.4) is 0 Å². The Morgan fingerprint density at radius 1 is 1.06 bits per heavy atom. The van der Waals surface area contributed by atoms with E-state index in [1.165, 1.54) is 4.90 Å². The molecule has 0 spiro atoms. The summed E-state index contributed by atoms with van der Waals surface area (Å²) in [6.45, 7) is 5.25. The lowest BCUT2D eigenvalue weighted by Gasteiger charge is -2.29. The van der Waals surface area contributed by atoms with Gasteiger partial charge in [0.2, 0.25) is 5.91 Å². The molecule has 0 saturated heterocycles. The van der Waals surface area contributed by atoms with Gasteiger partial charge in [-0.1, -0.05) is 12.1 Å². The normalized spacial score (nSPS) is 14.5. The van der Waals surface area contributed by atoms with Gasteiger partial charge in [0.25, 0.3) is 5.91 Å². The summed E-state index contributed by atoms with van der Waals surface area (Å²) >= 11 is 0. The minimum absolute atomic E-state index is 0.128. The Bertz CT molecular complexity index is 917. The van der Waals surface area contributed by atoms with Gasteiger partial charge in [-0.2, -0.15) is 0 Å². The lowest BCUT2D eigenvalue weighted by atomic mass is 10.2. The van der Waals surface area contributed by atoms with Crippen LogP contribution in [0.5, 0.6) is 23.0 Å². The summed E-state index contributed by atoms with van der Waals surface area (Å²) in [5.74, 6) is 1.84. The van der Waals surface area contributed by atoms with Gasteiger partial charge in [-0.05, 0) is 44.2 Å². The van der Waals surface area contributed by atoms with Gasteiger partial charge in [-0.25, -0.2) is 0 Å². The van der Waals surface area contributed by atoms with Crippen LogP contribution in [0.4, 0.5) is 0 Å². The van der Waals surface area contributed by atoms with E-state index in [-0.39, 0.29) is 24.5 Å². The van der Waals surface area contributed by atoms with E-state index in [9.17, 15) is 9.59 Å². The van der Waals surface area contributed by atoms with Crippen molar-refractivity contribution in [3.05, 3.63) is 48.0 Å². The molecule has 166 valence electrons. The van der Waals surface area contributed by atoms with Crippen LogP contribution in [-0.2, 0) is 4.79 Å². The Labute approximate surface area is 182 Å². The average molecular weight is 428 g/mol. The highest BCUT2D eigenvalue weighted by Crippen LogP contribution is 2.31. The Kier molecular flexibility index (Phi) is 7.59. The van der Waals surface area contributed by atoms with Crippen molar-refractivity contribution in [2.45, 2.75) is 20.0 Å². The smallest absolute Gasteiger partial charge is 0.251 e. The van der Waals surface area contributed by atoms with E-state index in [0.717, 1.165) is 0 Å². The number of fused-ring (bicyclic) bond motifs is 1. The topological polar surface area (TPSA) is 86.3 Å². The summed E-state index contributed by atoms with van der Waals surface area (Å²) in [6, 6.07) is 12.4. The fourth-order valence-corrected chi connectivity index (χ4v) is 3.15. The number of carbonyl (C=O) groups is 2. The number of hydrogen-bond acceptors (Lipinski definition) is 6. The van der Waals surface area contributed by atoms with Crippen molar-refractivity contribution < 1.29 is 28.5 Å². The van der Waals surface area contributed by atoms with E-state index in [4.69, 9.17) is 18.9 Å². The van der Waals surface area contributed by atoms with Gasteiger partial charge in [0.05, 0.1) is 26.3 Å². The number of hydrogen-bond donors (Lipinski definition) is 1. The molecule has 0 bridgehead atoms. The van der Waals surface area contributed by atoms with E-state index in [1.54, 1.807) is 25.2 Å². The monoisotopic (exact) mass is 428 g/mol. The lowest BCUT2D eigenvalue weighted by molar-refractivity contribution is -0.130. The SMILES string of the molecule is CCOc1ccc(C(=O)NCC(=O)N(C)CC2COc3ccccc3O2)cc1OCC. The first kappa shape index (κ1) is 22.3. The van der Waals surface area contributed by atoms with Crippen molar-refractivity contribution in [3.8, 4) is 23.0 Å². The maximum Gasteiger partial charge on any atom is 0.251 e. The van der Waals surface area contributed by atoms with Crippen molar-refractivity contribution in [2.24, 2.45) is 0 Å². The minimum atomic E-state index is -0.364. The third kappa shape index (κ3) is 5.81. The summed E-state index contributed by atoms with van der Waals surface area (Å²) < 4.78 is 22.6. The van der Waals surface area contributed by atoms with Crippen LogP contribution < -0.4 is 24.3 Å². The van der Waals surface area contributed by atoms with Crippen LogP contribution >= 0.6 is 0 Å². The van der Waals surface area contributed by atoms with Crippen LogP contribution in [0, 0.1) is 0 Å². The summed E-state index contributed by atoms with van der Waals surface area (Å²) in [5, 5.41) is 2.65. The Morgan fingerprint density at radius 2 is 1.77 bits per heavy atom. The first-order valence-electron chi connectivity index (χ1n) is 10.3. The Balaban J connectivity index is 1.52. The van der Waals surface area contributed by atoms with Crippen LogP contribution in [0.15, 0.2) is 42.5 Å². The third-order valence-corrected chi connectivity index (χ3v) is 4.68. The molecular weight excluding hydrogens is 400 g/mol. The number of benzene rings is 2. The lowest BCUT2D eigenvalue weighted by Crippen LogP contribution is -2.45. The Morgan fingerprint density at radius 3 is 2.52 bits per heavy atom. The number of ether oxygens (including phenoxy) is 4. The van der Waals surface area contributed by atoms with Crippen LogP contribution in [-0.4, -0.2) is 62.8 Å². The van der Waals surface area contributed by atoms with Crippen molar-refractivity contribution in [3.63, 3.8) is 0 Å². The van der Waals surface area contributed by atoms with Crippen molar-refractivity contribution in [2.75, 3.05) is 40.0 Å². The number of nitrogens with zero attached hydrogens (tertiary/aromatic N) is 1. The zero-order valence-corrected chi connectivity index (χ0v) is 18.1. The summed E-state index contributed by atoms with van der Waals surface area (Å²) in [7, 11) is 1.67. The highest BCUT2D eigenvalue weighted by molar-refractivity contribution is 5.97. The fourth-order valence-electron chi connectivity index (χ4n) is 3.15. The van der Waals surface area contributed by atoms with Gasteiger partial charge in [0.1, 0.15) is 6.61 Å². The van der Waals surface area contributed by atoms with Gasteiger partial charge in [-0.15, -0.1) is 0 Å². The van der Waals surface area contributed by atoms with Gasteiger partial charge < -0.3 is 29.2 Å². The summed E-state index contributed by atoms with van der Waals surface area (Å²) in [5.41, 5.74) is 0.392. The zero-order valence-electron chi connectivity index (χ0n) is 18.1. The van der Waals surface area contributed by atoms with E-state index >= 15 is 0 Å². The van der Waals surface area contributed by atoms with Crippen molar-refractivity contribution in [1.82, 2.24) is 10.2 Å². The highest BCUT2D eigenvalue weighted by Gasteiger charge is 2.24. The van der Waals surface area contributed by atoms with E-state index in [0.29, 0.717) is 54.9 Å².